The van der Waals surface area contributed by atoms with Gasteiger partial charge >= 0.3 is 0 Å². The molecule has 0 amide bonds. The maximum absolute atomic E-state index is 10.9. The third kappa shape index (κ3) is 2.41. The van der Waals surface area contributed by atoms with Gasteiger partial charge < -0.3 is 5.32 Å². The molecule has 0 atom stereocenters. The monoisotopic (exact) mass is 326 g/mol. The van der Waals surface area contributed by atoms with Crippen molar-refractivity contribution >= 4 is 21.6 Å². The van der Waals surface area contributed by atoms with Crippen molar-refractivity contribution in [2.24, 2.45) is 10.8 Å². The molecule has 1 aromatic carbocycles. The summed E-state index contributed by atoms with van der Waals surface area (Å²) in [6, 6.07) is 5.72. The zero-order chi connectivity index (χ0) is 14.4. The highest BCUT2D eigenvalue weighted by molar-refractivity contribution is 9.10. The van der Waals surface area contributed by atoms with Gasteiger partial charge in [-0.25, -0.2) is 0 Å². The molecule has 0 aliphatic heterocycles. The van der Waals surface area contributed by atoms with E-state index in [1.807, 2.05) is 6.07 Å². The van der Waals surface area contributed by atoms with Gasteiger partial charge in [0.2, 0.25) is 0 Å². The molecule has 0 bridgehead atoms. The standard InChI is InChI=1S/C14H19BrN2O2/c1-13(2)12(14(13,3)4)16-8-9-5-6-10(15)11(7-9)17(18)19/h5-7,12,16H,8H2,1-4H3. The molecular weight excluding hydrogens is 308 g/mol. The van der Waals surface area contributed by atoms with Gasteiger partial charge in [0.1, 0.15) is 0 Å². The number of nitrogens with one attached hydrogen (secondary N) is 1. The Hall–Kier alpha value is -0.940. The molecule has 0 heterocycles. The van der Waals surface area contributed by atoms with Gasteiger partial charge in [-0.1, -0.05) is 33.8 Å². The quantitative estimate of drug-likeness (QED) is 0.674. The fraction of sp³-hybridized carbons (Fsp3) is 0.571. The van der Waals surface area contributed by atoms with Gasteiger partial charge in [-0.05, 0) is 38.4 Å². The van der Waals surface area contributed by atoms with E-state index in [9.17, 15) is 10.1 Å². The minimum atomic E-state index is -0.363. The number of nitro groups is 1. The highest BCUT2D eigenvalue weighted by Crippen LogP contribution is 2.62. The predicted octanol–water partition coefficient (Wildman–Crippen LogP) is 3.88. The number of nitrogens with zero attached hydrogens (tertiary/aromatic N) is 1. The molecule has 1 aliphatic rings. The van der Waals surface area contributed by atoms with E-state index in [0.29, 0.717) is 17.1 Å². The smallest absolute Gasteiger partial charge is 0.283 e. The van der Waals surface area contributed by atoms with E-state index in [0.717, 1.165) is 5.56 Å². The molecule has 1 saturated carbocycles. The van der Waals surface area contributed by atoms with Crippen LogP contribution in [0.2, 0.25) is 0 Å². The SMILES string of the molecule is CC1(C)C(NCc2ccc(Br)c([N+](=O)[O-])c2)C1(C)C. The number of benzene rings is 1. The van der Waals surface area contributed by atoms with Crippen molar-refractivity contribution in [2.75, 3.05) is 0 Å². The molecule has 1 aromatic rings. The molecule has 1 fully saturated rings. The number of nitro benzene ring substituents is 1. The Morgan fingerprint density at radius 1 is 1.32 bits per heavy atom. The Bertz CT molecular complexity index is 512. The summed E-state index contributed by atoms with van der Waals surface area (Å²) in [6.07, 6.45) is 0. The van der Waals surface area contributed by atoms with Crippen molar-refractivity contribution < 1.29 is 4.92 Å². The van der Waals surface area contributed by atoms with E-state index < -0.39 is 0 Å². The molecule has 0 aromatic heterocycles. The first-order chi connectivity index (χ1) is 8.68. The van der Waals surface area contributed by atoms with Crippen molar-refractivity contribution in [2.45, 2.75) is 40.3 Å². The van der Waals surface area contributed by atoms with Crippen LogP contribution >= 0.6 is 15.9 Å². The van der Waals surface area contributed by atoms with Gasteiger partial charge in [-0.2, -0.15) is 0 Å². The van der Waals surface area contributed by atoms with Crippen molar-refractivity contribution in [1.29, 1.82) is 0 Å². The van der Waals surface area contributed by atoms with Crippen LogP contribution in [-0.4, -0.2) is 11.0 Å². The van der Waals surface area contributed by atoms with Crippen LogP contribution in [0.4, 0.5) is 5.69 Å². The zero-order valence-electron chi connectivity index (χ0n) is 11.7. The number of hydrogen-bond donors (Lipinski definition) is 1. The second-order valence-electron chi connectivity index (χ2n) is 6.30. The van der Waals surface area contributed by atoms with Crippen LogP contribution in [0.1, 0.15) is 33.3 Å². The van der Waals surface area contributed by atoms with Gasteiger partial charge in [0.15, 0.2) is 0 Å². The topological polar surface area (TPSA) is 55.2 Å². The summed E-state index contributed by atoms with van der Waals surface area (Å²) < 4.78 is 0.522. The van der Waals surface area contributed by atoms with Crippen LogP contribution in [-0.2, 0) is 6.54 Å². The van der Waals surface area contributed by atoms with Gasteiger partial charge in [-0.3, -0.25) is 10.1 Å². The third-order valence-corrected chi connectivity index (χ3v) is 5.41. The van der Waals surface area contributed by atoms with Crippen LogP contribution < -0.4 is 5.32 Å². The average Bonchev–Trinajstić information content (AvgIpc) is 2.68. The summed E-state index contributed by atoms with van der Waals surface area (Å²) in [4.78, 5) is 10.5. The molecule has 1 aliphatic carbocycles. The lowest BCUT2D eigenvalue weighted by Crippen LogP contribution is -2.21. The third-order valence-electron chi connectivity index (χ3n) is 4.74. The molecule has 1 N–H and O–H groups in total. The van der Waals surface area contributed by atoms with Crippen LogP contribution in [0, 0.1) is 20.9 Å². The molecular formula is C14H19BrN2O2. The van der Waals surface area contributed by atoms with Crippen molar-refractivity contribution in [1.82, 2.24) is 5.32 Å². The zero-order valence-corrected chi connectivity index (χ0v) is 13.2. The molecule has 0 saturated heterocycles. The maximum Gasteiger partial charge on any atom is 0.283 e. The highest BCUT2D eigenvalue weighted by Gasteiger charge is 2.64. The van der Waals surface area contributed by atoms with Gasteiger partial charge in [-0.15, -0.1) is 0 Å². The molecule has 2 rings (SSSR count). The summed E-state index contributed by atoms with van der Waals surface area (Å²) in [5.41, 5.74) is 1.60. The lowest BCUT2D eigenvalue weighted by atomic mass is 10.0. The van der Waals surface area contributed by atoms with Gasteiger partial charge in [0.25, 0.3) is 5.69 Å². The number of hydrogen-bond acceptors (Lipinski definition) is 3. The normalized spacial score (nSPS) is 20.3. The molecule has 0 radical (unpaired) electrons. The van der Waals surface area contributed by atoms with E-state index in [4.69, 9.17) is 0 Å². The summed E-state index contributed by atoms with van der Waals surface area (Å²) in [6.45, 7) is 9.64. The van der Waals surface area contributed by atoms with E-state index in [-0.39, 0.29) is 21.4 Å². The second-order valence-corrected chi connectivity index (χ2v) is 7.15. The lowest BCUT2D eigenvalue weighted by molar-refractivity contribution is -0.385. The molecule has 0 unspecified atom stereocenters. The minimum Gasteiger partial charge on any atom is -0.309 e. The second kappa shape index (κ2) is 4.56. The Kier molecular flexibility index (Phi) is 3.47. The molecule has 0 spiro atoms. The minimum absolute atomic E-state index is 0.119. The Morgan fingerprint density at radius 2 is 1.89 bits per heavy atom. The summed E-state index contributed by atoms with van der Waals surface area (Å²) in [5.74, 6) is 0. The Morgan fingerprint density at radius 3 is 2.37 bits per heavy atom. The largest absolute Gasteiger partial charge is 0.309 e. The van der Waals surface area contributed by atoms with E-state index in [2.05, 4.69) is 48.9 Å². The summed E-state index contributed by atoms with van der Waals surface area (Å²) >= 11 is 3.20. The van der Waals surface area contributed by atoms with Crippen molar-refractivity contribution in [3.63, 3.8) is 0 Å². The first-order valence-electron chi connectivity index (χ1n) is 6.34. The molecule has 104 valence electrons. The lowest BCUT2D eigenvalue weighted by Gasteiger charge is -2.07. The van der Waals surface area contributed by atoms with Crippen LogP contribution in [0.15, 0.2) is 22.7 Å². The van der Waals surface area contributed by atoms with Crippen LogP contribution in [0.25, 0.3) is 0 Å². The van der Waals surface area contributed by atoms with E-state index in [1.54, 1.807) is 12.1 Å². The summed E-state index contributed by atoms with van der Waals surface area (Å²) in [7, 11) is 0. The predicted molar refractivity (Wildman–Crippen MR) is 79.0 cm³/mol. The first-order valence-corrected chi connectivity index (χ1v) is 7.13. The number of halogens is 1. The highest BCUT2D eigenvalue weighted by atomic mass is 79.9. The average molecular weight is 327 g/mol. The fourth-order valence-corrected chi connectivity index (χ4v) is 3.13. The van der Waals surface area contributed by atoms with Crippen molar-refractivity contribution in [3.8, 4) is 0 Å². The Labute approximate surface area is 121 Å². The Balaban J connectivity index is 2.06. The molecule has 5 heteroatoms. The maximum atomic E-state index is 10.9. The number of rotatable bonds is 4. The van der Waals surface area contributed by atoms with Gasteiger partial charge in [0, 0.05) is 18.7 Å². The first kappa shape index (κ1) is 14.5. The molecule has 4 nitrogen and oxygen atoms in total. The van der Waals surface area contributed by atoms with E-state index in [1.165, 1.54) is 0 Å². The van der Waals surface area contributed by atoms with Crippen LogP contribution in [0.3, 0.4) is 0 Å². The summed E-state index contributed by atoms with van der Waals surface area (Å²) in [5, 5.41) is 14.4. The molecule has 19 heavy (non-hydrogen) atoms. The van der Waals surface area contributed by atoms with Crippen molar-refractivity contribution in [3.05, 3.63) is 38.3 Å². The fourth-order valence-electron chi connectivity index (χ4n) is 2.73. The van der Waals surface area contributed by atoms with E-state index >= 15 is 0 Å². The van der Waals surface area contributed by atoms with Gasteiger partial charge in [0.05, 0.1) is 9.40 Å². The van der Waals surface area contributed by atoms with Crippen LogP contribution in [0.5, 0.6) is 0 Å².